The average molecular weight is 275 g/mol. The van der Waals surface area contributed by atoms with Crippen LogP contribution in [0.25, 0.3) is 0 Å². The highest BCUT2D eigenvalue weighted by atomic mass is 32.1. The lowest BCUT2D eigenvalue weighted by Crippen LogP contribution is -2.32. The van der Waals surface area contributed by atoms with E-state index in [1.54, 1.807) is 0 Å². The molecule has 0 aliphatic heterocycles. The van der Waals surface area contributed by atoms with Crippen LogP contribution in [-0.2, 0) is 6.54 Å². The third kappa shape index (κ3) is 4.99. The zero-order valence-electron chi connectivity index (χ0n) is 11.4. The SMILES string of the molecule is C[C@H]1CCC/C(=N/NC(=S)NCc2ccccc2)C1. The zero-order valence-corrected chi connectivity index (χ0v) is 12.2. The van der Waals surface area contributed by atoms with Gasteiger partial charge in [0.1, 0.15) is 0 Å². The van der Waals surface area contributed by atoms with Crippen LogP contribution in [0.2, 0.25) is 0 Å². The quantitative estimate of drug-likeness (QED) is 0.657. The standard InChI is InChI=1S/C15H21N3S/c1-12-6-5-9-14(10-12)17-18-15(19)16-11-13-7-3-2-4-8-13/h2-4,7-8,12H,5-6,9-11H2,1H3,(H2,16,18,19)/b17-14-/t12-/m0/s1. The molecular formula is C15H21N3S. The highest BCUT2D eigenvalue weighted by Crippen LogP contribution is 2.20. The summed E-state index contributed by atoms with van der Waals surface area (Å²) in [5.74, 6) is 0.750. The van der Waals surface area contributed by atoms with Crippen LogP contribution in [0.5, 0.6) is 0 Å². The first kappa shape index (κ1) is 14.0. The maximum absolute atomic E-state index is 5.22. The molecule has 1 aliphatic carbocycles. The summed E-state index contributed by atoms with van der Waals surface area (Å²) >= 11 is 5.22. The van der Waals surface area contributed by atoms with Gasteiger partial charge in [0, 0.05) is 12.3 Å². The molecule has 0 bridgehead atoms. The summed E-state index contributed by atoms with van der Waals surface area (Å²) in [7, 11) is 0. The summed E-state index contributed by atoms with van der Waals surface area (Å²) in [6, 6.07) is 10.2. The van der Waals surface area contributed by atoms with E-state index in [2.05, 4.69) is 34.9 Å². The Bertz CT molecular complexity index is 442. The number of nitrogens with zero attached hydrogens (tertiary/aromatic N) is 1. The zero-order chi connectivity index (χ0) is 13.5. The molecule has 19 heavy (non-hydrogen) atoms. The van der Waals surface area contributed by atoms with E-state index < -0.39 is 0 Å². The van der Waals surface area contributed by atoms with Crippen molar-refractivity contribution in [1.82, 2.24) is 10.7 Å². The fourth-order valence-corrected chi connectivity index (χ4v) is 2.43. The van der Waals surface area contributed by atoms with Gasteiger partial charge < -0.3 is 5.32 Å². The predicted octanol–water partition coefficient (Wildman–Crippen LogP) is 3.22. The van der Waals surface area contributed by atoms with E-state index >= 15 is 0 Å². The second-order valence-corrected chi connectivity index (χ2v) is 5.57. The number of nitrogens with one attached hydrogen (secondary N) is 2. The summed E-state index contributed by atoms with van der Waals surface area (Å²) in [6.07, 6.45) is 4.74. The van der Waals surface area contributed by atoms with E-state index in [1.165, 1.54) is 24.1 Å². The minimum atomic E-state index is 0.592. The number of rotatable bonds is 3. The normalized spacial score (nSPS) is 21.1. The van der Waals surface area contributed by atoms with Crippen LogP contribution >= 0.6 is 12.2 Å². The van der Waals surface area contributed by atoms with Crippen molar-refractivity contribution in [2.24, 2.45) is 11.0 Å². The van der Waals surface area contributed by atoms with Crippen molar-refractivity contribution in [2.45, 2.75) is 39.2 Å². The molecule has 0 aromatic heterocycles. The molecule has 1 aromatic carbocycles. The molecule has 3 nitrogen and oxygen atoms in total. The Labute approximate surface area is 120 Å². The largest absolute Gasteiger partial charge is 0.357 e. The Kier molecular flexibility index (Phi) is 5.33. The Morgan fingerprint density at radius 1 is 1.37 bits per heavy atom. The Morgan fingerprint density at radius 2 is 2.16 bits per heavy atom. The van der Waals surface area contributed by atoms with Gasteiger partial charge in [-0.05, 0) is 49.4 Å². The third-order valence-electron chi connectivity index (χ3n) is 3.36. The lowest BCUT2D eigenvalue weighted by Gasteiger charge is -2.19. The topological polar surface area (TPSA) is 36.4 Å². The second kappa shape index (κ2) is 7.24. The fraction of sp³-hybridized carbons (Fsp3) is 0.467. The first-order chi connectivity index (χ1) is 9.24. The number of hydrogen-bond donors (Lipinski definition) is 2. The average Bonchev–Trinajstić information content (AvgIpc) is 2.44. The summed E-state index contributed by atoms with van der Waals surface area (Å²) < 4.78 is 0. The molecule has 1 saturated carbocycles. The van der Waals surface area contributed by atoms with E-state index in [0.717, 1.165) is 25.3 Å². The minimum Gasteiger partial charge on any atom is -0.357 e. The number of thiocarbonyl (C=S) groups is 1. The first-order valence-electron chi connectivity index (χ1n) is 6.87. The predicted molar refractivity (Wildman–Crippen MR) is 84.1 cm³/mol. The molecular weight excluding hydrogens is 254 g/mol. The molecule has 1 atom stereocenters. The summed E-state index contributed by atoms with van der Waals surface area (Å²) in [6.45, 7) is 3.01. The van der Waals surface area contributed by atoms with Crippen LogP contribution in [0, 0.1) is 5.92 Å². The van der Waals surface area contributed by atoms with Gasteiger partial charge in [-0.15, -0.1) is 0 Å². The van der Waals surface area contributed by atoms with Crippen LogP contribution in [0.15, 0.2) is 35.4 Å². The van der Waals surface area contributed by atoms with Gasteiger partial charge in [-0.25, -0.2) is 0 Å². The molecule has 0 heterocycles. The lowest BCUT2D eigenvalue weighted by atomic mass is 9.89. The molecule has 1 aliphatic rings. The van der Waals surface area contributed by atoms with Crippen molar-refractivity contribution in [1.29, 1.82) is 0 Å². The lowest BCUT2D eigenvalue weighted by molar-refractivity contribution is 0.498. The van der Waals surface area contributed by atoms with E-state index in [-0.39, 0.29) is 0 Å². The number of hydrazone groups is 1. The molecule has 1 fully saturated rings. The van der Waals surface area contributed by atoms with Crippen molar-refractivity contribution in [3.63, 3.8) is 0 Å². The molecule has 2 rings (SSSR count). The van der Waals surface area contributed by atoms with Gasteiger partial charge in [-0.3, -0.25) is 5.43 Å². The molecule has 1 aromatic rings. The second-order valence-electron chi connectivity index (χ2n) is 5.16. The van der Waals surface area contributed by atoms with Crippen molar-refractivity contribution >= 4 is 23.0 Å². The molecule has 2 N–H and O–H groups in total. The van der Waals surface area contributed by atoms with Gasteiger partial charge in [0.2, 0.25) is 0 Å². The molecule has 0 radical (unpaired) electrons. The van der Waals surface area contributed by atoms with Crippen molar-refractivity contribution in [3.8, 4) is 0 Å². The van der Waals surface area contributed by atoms with Gasteiger partial charge in [-0.2, -0.15) is 5.10 Å². The minimum absolute atomic E-state index is 0.592. The van der Waals surface area contributed by atoms with Gasteiger partial charge in [0.25, 0.3) is 0 Å². The monoisotopic (exact) mass is 275 g/mol. The third-order valence-corrected chi connectivity index (χ3v) is 3.59. The van der Waals surface area contributed by atoms with Crippen LogP contribution in [0.1, 0.15) is 38.2 Å². The summed E-state index contributed by atoms with van der Waals surface area (Å²) in [5, 5.41) is 8.16. The maximum Gasteiger partial charge on any atom is 0.187 e. The smallest absolute Gasteiger partial charge is 0.187 e. The van der Waals surface area contributed by atoms with Gasteiger partial charge in [-0.1, -0.05) is 37.3 Å². The van der Waals surface area contributed by atoms with E-state index in [1.807, 2.05) is 18.2 Å². The first-order valence-corrected chi connectivity index (χ1v) is 7.28. The van der Waals surface area contributed by atoms with Crippen LogP contribution in [0.4, 0.5) is 0 Å². The van der Waals surface area contributed by atoms with Crippen LogP contribution in [0.3, 0.4) is 0 Å². The van der Waals surface area contributed by atoms with E-state index in [4.69, 9.17) is 12.2 Å². The van der Waals surface area contributed by atoms with Gasteiger partial charge >= 0.3 is 0 Å². The molecule has 0 amide bonds. The molecule has 4 heteroatoms. The van der Waals surface area contributed by atoms with Crippen molar-refractivity contribution < 1.29 is 0 Å². The molecule has 0 spiro atoms. The number of benzene rings is 1. The molecule has 0 unspecified atom stereocenters. The van der Waals surface area contributed by atoms with Crippen LogP contribution < -0.4 is 10.7 Å². The van der Waals surface area contributed by atoms with E-state index in [9.17, 15) is 0 Å². The Morgan fingerprint density at radius 3 is 2.89 bits per heavy atom. The highest BCUT2D eigenvalue weighted by molar-refractivity contribution is 7.80. The van der Waals surface area contributed by atoms with Gasteiger partial charge in [0.15, 0.2) is 5.11 Å². The highest BCUT2D eigenvalue weighted by Gasteiger charge is 2.13. The van der Waals surface area contributed by atoms with Gasteiger partial charge in [0.05, 0.1) is 0 Å². The van der Waals surface area contributed by atoms with Crippen LogP contribution in [-0.4, -0.2) is 10.8 Å². The molecule has 102 valence electrons. The summed E-state index contributed by atoms with van der Waals surface area (Å²) in [4.78, 5) is 0. The van der Waals surface area contributed by atoms with Crippen molar-refractivity contribution in [3.05, 3.63) is 35.9 Å². The molecule has 0 saturated heterocycles. The maximum atomic E-state index is 5.22. The fourth-order valence-electron chi connectivity index (χ4n) is 2.31. The summed E-state index contributed by atoms with van der Waals surface area (Å²) in [5.41, 5.74) is 5.40. The van der Waals surface area contributed by atoms with E-state index in [0.29, 0.717) is 5.11 Å². The Hall–Kier alpha value is -1.42. The Balaban J connectivity index is 1.74. The van der Waals surface area contributed by atoms with Crippen molar-refractivity contribution in [2.75, 3.05) is 0 Å². The number of hydrogen-bond acceptors (Lipinski definition) is 2.